The molecule has 1 heterocycles. The van der Waals surface area contributed by atoms with Crippen molar-refractivity contribution in [3.63, 3.8) is 0 Å². The van der Waals surface area contributed by atoms with Crippen LogP contribution < -0.4 is 5.32 Å². The Morgan fingerprint density at radius 3 is 2.22 bits per heavy atom. The van der Waals surface area contributed by atoms with Gasteiger partial charge in [-0.05, 0) is 34.6 Å². The summed E-state index contributed by atoms with van der Waals surface area (Å²) in [5.74, 6) is -1.74. The van der Waals surface area contributed by atoms with Gasteiger partial charge in [0.25, 0.3) is 0 Å². The van der Waals surface area contributed by atoms with Gasteiger partial charge in [0, 0.05) is 12.1 Å². The fourth-order valence-corrected chi connectivity index (χ4v) is 2.30. The maximum Gasteiger partial charge on any atom is 0.312 e. The summed E-state index contributed by atoms with van der Waals surface area (Å²) in [4.78, 5) is 23.9. The Hall–Kier alpha value is -1.10. The highest BCUT2D eigenvalue weighted by Crippen LogP contribution is 2.34. The van der Waals surface area contributed by atoms with Gasteiger partial charge in [-0.1, -0.05) is 0 Å². The molecule has 104 valence electrons. The second kappa shape index (κ2) is 4.88. The number of ether oxygens (including phenoxy) is 2. The molecule has 0 aromatic rings. The van der Waals surface area contributed by atoms with Crippen molar-refractivity contribution in [1.29, 1.82) is 0 Å². The zero-order chi connectivity index (χ0) is 14.1. The van der Waals surface area contributed by atoms with Crippen LogP contribution in [0.1, 0.15) is 34.6 Å². The van der Waals surface area contributed by atoms with Crippen molar-refractivity contribution >= 4 is 11.9 Å². The quantitative estimate of drug-likeness (QED) is 0.751. The molecule has 0 aliphatic carbocycles. The van der Waals surface area contributed by atoms with Crippen molar-refractivity contribution in [2.45, 2.75) is 45.8 Å². The van der Waals surface area contributed by atoms with E-state index in [0.29, 0.717) is 6.54 Å². The lowest BCUT2D eigenvalue weighted by atomic mass is 9.82. The van der Waals surface area contributed by atoms with Gasteiger partial charge in [0.05, 0.1) is 18.9 Å². The highest BCUT2D eigenvalue weighted by atomic mass is 16.6. The van der Waals surface area contributed by atoms with E-state index in [0.717, 1.165) is 0 Å². The average molecular weight is 257 g/mol. The van der Waals surface area contributed by atoms with Crippen LogP contribution in [0.2, 0.25) is 0 Å². The third-order valence-corrected chi connectivity index (χ3v) is 3.12. The van der Waals surface area contributed by atoms with Crippen LogP contribution in [0.25, 0.3) is 0 Å². The SMILES string of the molecule is COC(=O)C1CNC(C)(C)[C@H]1C(=O)OC(C)(C)C. The van der Waals surface area contributed by atoms with Gasteiger partial charge in [-0.2, -0.15) is 0 Å². The summed E-state index contributed by atoms with van der Waals surface area (Å²) in [6, 6.07) is 0. The Morgan fingerprint density at radius 1 is 1.22 bits per heavy atom. The largest absolute Gasteiger partial charge is 0.469 e. The molecule has 1 saturated heterocycles. The first-order valence-electron chi connectivity index (χ1n) is 6.14. The van der Waals surface area contributed by atoms with Gasteiger partial charge in [-0.15, -0.1) is 0 Å². The van der Waals surface area contributed by atoms with Gasteiger partial charge in [0.1, 0.15) is 5.60 Å². The minimum atomic E-state index is -0.559. The second-order valence-corrected chi connectivity index (χ2v) is 6.24. The van der Waals surface area contributed by atoms with E-state index in [2.05, 4.69) is 5.32 Å². The number of carbonyl (C=O) groups excluding carboxylic acids is 2. The van der Waals surface area contributed by atoms with Gasteiger partial charge in [-0.25, -0.2) is 0 Å². The van der Waals surface area contributed by atoms with E-state index in [4.69, 9.17) is 9.47 Å². The van der Waals surface area contributed by atoms with Crippen LogP contribution in [0.3, 0.4) is 0 Å². The predicted molar refractivity (Wildman–Crippen MR) is 66.9 cm³/mol. The molecule has 18 heavy (non-hydrogen) atoms. The normalized spacial score (nSPS) is 26.8. The van der Waals surface area contributed by atoms with Crippen molar-refractivity contribution in [2.24, 2.45) is 11.8 Å². The molecule has 0 saturated carbocycles. The Bertz CT molecular complexity index is 343. The van der Waals surface area contributed by atoms with E-state index < -0.39 is 23.0 Å². The molecule has 0 bridgehead atoms. The smallest absolute Gasteiger partial charge is 0.312 e. The van der Waals surface area contributed by atoms with Gasteiger partial charge < -0.3 is 14.8 Å². The van der Waals surface area contributed by atoms with Crippen LogP contribution >= 0.6 is 0 Å². The molecule has 1 aliphatic rings. The summed E-state index contributed by atoms with van der Waals surface area (Å²) < 4.78 is 10.1. The molecule has 5 heteroatoms. The zero-order valence-electron chi connectivity index (χ0n) is 12.0. The van der Waals surface area contributed by atoms with Crippen LogP contribution in [-0.2, 0) is 19.1 Å². The fraction of sp³-hybridized carbons (Fsp3) is 0.846. The molecule has 2 atom stereocenters. The maximum absolute atomic E-state index is 12.2. The molecule has 5 nitrogen and oxygen atoms in total. The Labute approximate surface area is 108 Å². The van der Waals surface area contributed by atoms with Crippen LogP contribution in [0.15, 0.2) is 0 Å². The first-order chi connectivity index (χ1) is 8.08. The van der Waals surface area contributed by atoms with Gasteiger partial charge in [-0.3, -0.25) is 9.59 Å². The Kier molecular flexibility index (Phi) is 4.05. The first-order valence-corrected chi connectivity index (χ1v) is 6.14. The van der Waals surface area contributed by atoms with E-state index in [-0.39, 0.29) is 11.9 Å². The number of methoxy groups -OCH3 is 1. The van der Waals surface area contributed by atoms with Crippen LogP contribution in [-0.4, -0.2) is 36.7 Å². The van der Waals surface area contributed by atoms with Crippen LogP contribution in [0.5, 0.6) is 0 Å². The molecule has 0 radical (unpaired) electrons. The molecule has 0 spiro atoms. The maximum atomic E-state index is 12.2. The lowest BCUT2D eigenvalue weighted by Gasteiger charge is -2.30. The summed E-state index contributed by atoms with van der Waals surface area (Å²) >= 11 is 0. The molecule has 1 unspecified atom stereocenters. The molecule has 0 aromatic carbocycles. The van der Waals surface area contributed by atoms with E-state index in [1.165, 1.54) is 7.11 Å². The lowest BCUT2D eigenvalue weighted by Crippen LogP contribution is -2.45. The number of hydrogen-bond donors (Lipinski definition) is 1. The topological polar surface area (TPSA) is 64.6 Å². The van der Waals surface area contributed by atoms with Crippen molar-refractivity contribution in [3.8, 4) is 0 Å². The standard InChI is InChI=1S/C13H23NO4/c1-12(2,3)18-11(16)9-8(10(15)17-6)7-14-13(9,4)5/h8-9,14H,7H2,1-6H3/t8?,9-/m1/s1. The summed E-state index contributed by atoms with van der Waals surface area (Å²) in [6.07, 6.45) is 0. The molecular weight excluding hydrogens is 234 g/mol. The van der Waals surface area contributed by atoms with Crippen molar-refractivity contribution < 1.29 is 19.1 Å². The molecule has 0 amide bonds. The zero-order valence-corrected chi connectivity index (χ0v) is 12.0. The number of esters is 2. The number of hydrogen-bond acceptors (Lipinski definition) is 5. The molecule has 0 aromatic heterocycles. The van der Waals surface area contributed by atoms with Gasteiger partial charge >= 0.3 is 11.9 Å². The molecule has 1 aliphatic heterocycles. The van der Waals surface area contributed by atoms with E-state index in [9.17, 15) is 9.59 Å². The van der Waals surface area contributed by atoms with Gasteiger partial charge in [0.15, 0.2) is 0 Å². The minimum Gasteiger partial charge on any atom is -0.469 e. The number of nitrogens with one attached hydrogen (secondary N) is 1. The van der Waals surface area contributed by atoms with E-state index >= 15 is 0 Å². The minimum absolute atomic E-state index is 0.354. The lowest BCUT2D eigenvalue weighted by molar-refractivity contribution is -0.167. The highest BCUT2D eigenvalue weighted by molar-refractivity contribution is 5.84. The van der Waals surface area contributed by atoms with E-state index in [1.807, 2.05) is 34.6 Å². The Balaban J connectivity index is 2.92. The summed E-state index contributed by atoms with van der Waals surface area (Å²) in [5, 5.41) is 3.18. The summed E-state index contributed by atoms with van der Waals surface area (Å²) in [6.45, 7) is 9.66. The third-order valence-electron chi connectivity index (χ3n) is 3.12. The second-order valence-electron chi connectivity index (χ2n) is 6.24. The first kappa shape index (κ1) is 15.0. The number of carbonyl (C=O) groups is 2. The molecular formula is C13H23NO4. The molecule has 1 rings (SSSR count). The summed E-state index contributed by atoms with van der Waals surface area (Å²) in [5.41, 5.74) is -1.03. The summed E-state index contributed by atoms with van der Waals surface area (Å²) in [7, 11) is 1.33. The predicted octanol–water partition coefficient (Wildman–Crippen LogP) is 1.12. The third kappa shape index (κ3) is 3.22. The monoisotopic (exact) mass is 257 g/mol. The number of rotatable bonds is 2. The van der Waals surface area contributed by atoms with Crippen molar-refractivity contribution in [2.75, 3.05) is 13.7 Å². The van der Waals surface area contributed by atoms with Crippen molar-refractivity contribution in [3.05, 3.63) is 0 Å². The Morgan fingerprint density at radius 2 is 1.78 bits per heavy atom. The van der Waals surface area contributed by atoms with E-state index in [1.54, 1.807) is 0 Å². The van der Waals surface area contributed by atoms with Crippen molar-refractivity contribution in [1.82, 2.24) is 5.32 Å². The molecule has 1 fully saturated rings. The van der Waals surface area contributed by atoms with Crippen LogP contribution in [0.4, 0.5) is 0 Å². The molecule has 1 N–H and O–H groups in total. The van der Waals surface area contributed by atoms with Crippen LogP contribution in [0, 0.1) is 11.8 Å². The van der Waals surface area contributed by atoms with Gasteiger partial charge in [0.2, 0.25) is 0 Å². The fourth-order valence-electron chi connectivity index (χ4n) is 2.30. The highest BCUT2D eigenvalue weighted by Gasteiger charge is 2.51. The average Bonchev–Trinajstić information content (AvgIpc) is 2.50.